The van der Waals surface area contributed by atoms with Gasteiger partial charge in [0.25, 0.3) is 0 Å². The quantitative estimate of drug-likeness (QED) is 0.181. The third-order valence-electron chi connectivity index (χ3n) is 8.98. The van der Waals surface area contributed by atoms with Crippen LogP contribution in [0.1, 0.15) is 0 Å². The predicted octanol–water partition coefficient (Wildman–Crippen LogP) is 12.2. The Labute approximate surface area is 288 Å². The first-order chi connectivity index (χ1) is 24.3. The summed E-state index contributed by atoms with van der Waals surface area (Å²) in [4.78, 5) is 15.3. The van der Waals surface area contributed by atoms with Crippen LogP contribution in [0.3, 0.4) is 0 Å². The number of hydrogen-bond acceptors (Lipinski definition) is 4. The minimum Gasteiger partial charge on any atom is -0.208 e. The molecule has 4 heteroatoms. The zero-order valence-corrected chi connectivity index (χ0v) is 27.3. The van der Waals surface area contributed by atoms with E-state index in [1.807, 2.05) is 12.1 Å². The van der Waals surface area contributed by atoms with E-state index in [2.05, 4.69) is 164 Å². The Morgan fingerprint density at radius 3 is 1.27 bits per heavy atom. The lowest BCUT2D eigenvalue weighted by atomic mass is 10.0. The maximum Gasteiger partial charge on any atom is 0.165 e. The van der Waals surface area contributed by atoms with Crippen molar-refractivity contribution in [3.63, 3.8) is 0 Å². The van der Waals surface area contributed by atoms with E-state index in [1.165, 1.54) is 42.4 Å². The van der Waals surface area contributed by atoms with E-state index >= 15 is 0 Å². The molecule has 0 bridgehead atoms. The van der Waals surface area contributed by atoms with Crippen molar-refractivity contribution in [2.24, 2.45) is 0 Å². The minimum atomic E-state index is 0.649. The van der Waals surface area contributed by atoms with Gasteiger partial charge >= 0.3 is 0 Å². The highest BCUT2D eigenvalue weighted by molar-refractivity contribution is 7.26. The van der Waals surface area contributed by atoms with Crippen LogP contribution in [0.15, 0.2) is 176 Å². The van der Waals surface area contributed by atoms with Crippen molar-refractivity contribution in [1.82, 2.24) is 15.0 Å². The summed E-state index contributed by atoms with van der Waals surface area (Å²) in [7, 11) is 0. The number of aromatic nitrogens is 3. The maximum atomic E-state index is 5.14. The first kappa shape index (κ1) is 29.0. The van der Waals surface area contributed by atoms with Crippen LogP contribution in [0.2, 0.25) is 0 Å². The van der Waals surface area contributed by atoms with Gasteiger partial charge in [0.1, 0.15) is 0 Å². The average molecular weight is 644 g/mol. The molecule has 0 unspecified atom stereocenters. The summed E-state index contributed by atoms with van der Waals surface area (Å²) in [6, 6.07) is 61.6. The van der Waals surface area contributed by atoms with Gasteiger partial charge in [-0.05, 0) is 45.5 Å². The lowest BCUT2D eigenvalue weighted by molar-refractivity contribution is 1.08. The van der Waals surface area contributed by atoms with Gasteiger partial charge in [0.15, 0.2) is 17.5 Å². The van der Waals surface area contributed by atoms with Gasteiger partial charge in [-0.3, -0.25) is 0 Å². The van der Waals surface area contributed by atoms with Gasteiger partial charge in [0.05, 0.1) is 0 Å². The van der Waals surface area contributed by atoms with Crippen LogP contribution in [-0.2, 0) is 0 Å². The summed E-state index contributed by atoms with van der Waals surface area (Å²) in [5.41, 5.74) is 9.98. The zero-order chi connectivity index (χ0) is 32.6. The Kier molecular flexibility index (Phi) is 7.34. The molecule has 49 heavy (non-hydrogen) atoms. The normalized spacial score (nSPS) is 11.3. The van der Waals surface area contributed by atoms with E-state index in [1.54, 1.807) is 11.3 Å². The molecule has 0 saturated carbocycles. The molecule has 9 rings (SSSR count). The Bertz CT molecular complexity index is 2460. The van der Waals surface area contributed by atoms with Crippen LogP contribution in [0, 0.1) is 0 Å². The molecule has 2 heterocycles. The van der Waals surface area contributed by atoms with Crippen molar-refractivity contribution < 1.29 is 0 Å². The van der Waals surface area contributed by atoms with E-state index < -0.39 is 0 Å². The molecule has 0 radical (unpaired) electrons. The van der Waals surface area contributed by atoms with Crippen molar-refractivity contribution >= 4 is 31.5 Å². The summed E-state index contributed by atoms with van der Waals surface area (Å²) in [6.07, 6.45) is 0. The van der Waals surface area contributed by atoms with Crippen molar-refractivity contribution in [1.29, 1.82) is 0 Å². The molecule has 0 aliphatic heterocycles. The second-order valence-electron chi connectivity index (χ2n) is 12.1. The van der Waals surface area contributed by atoms with Gasteiger partial charge < -0.3 is 0 Å². The zero-order valence-electron chi connectivity index (χ0n) is 26.5. The van der Waals surface area contributed by atoms with Crippen molar-refractivity contribution in [3.8, 4) is 67.5 Å². The first-order valence-electron chi connectivity index (χ1n) is 16.4. The van der Waals surface area contributed by atoms with E-state index in [0.717, 1.165) is 27.8 Å². The van der Waals surface area contributed by atoms with Gasteiger partial charge in [-0.15, -0.1) is 11.3 Å². The molecule has 230 valence electrons. The van der Waals surface area contributed by atoms with Crippen LogP contribution in [0.25, 0.3) is 87.7 Å². The van der Waals surface area contributed by atoms with Crippen LogP contribution < -0.4 is 0 Å². The summed E-state index contributed by atoms with van der Waals surface area (Å²) < 4.78 is 2.41. The highest BCUT2D eigenvalue weighted by atomic mass is 32.1. The fourth-order valence-corrected chi connectivity index (χ4v) is 7.67. The third kappa shape index (κ3) is 5.58. The monoisotopic (exact) mass is 643 g/mol. The number of hydrogen-bond donors (Lipinski definition) is 0. The first-order valence-corrected chi connectivity index (χ1v) is 17.2. The Hall–Kier alpha value is -6.23. The lowest BCUT2D eigenvalue weighted by Crippen LogP contribution is -2.00. The Balaban J connectivity index is 1.18. The second kappa shape index (κ2) is 12.4. The molecule has 7 aromatic carbocycles. The number of nitrogens with zero attached hydrogens (tertiary/aromatic N) is 3. The highest BCUT2D eigenvalue weighted by Gasteiger charge is 2.17. The van der Waals surface area contributed by atoms with Crippen LogP contribution in [0.4, 0.5) is 0 Å². The molecule has 2 aromatic heterocycles. The molecule has 0 saturated heterocycles. The van der Waals surface area contributed by atoms with Crippen molar-refractivity contribution in [3.05, 3.63) is 176 Å². The molecule has 0 N–H and O–H groups in total. The number of thiophene rings is 1. The fourth-order valence-electron chi connectivity index (χ4n) is 6.42. The molecule has 9 aromatic rings. The fraction of sp³-hybridized carbons (Fsp3) is 0. The average Bonchev–Trinajstić information content (AvgIpc) is 3.57. The van der Waals surface area contributed by atoms with E-state index in [-0.39, 0.29) is 0 Å². The molecule has 3 nitrogen and oxygen atoms in total. The van der Waals surface area contributed by atoms with Gasteiger partial charge in [-0.25, -0.2) is 15.0 Å². The van der Waals surface area contributed by atoms with E-state index in [0.29, 0.717) is 17.5 Å². The largest absolute Gasteiger partial charge is 0.208 e. The summed E-state index contributed by atoms with van der Waals surface area (Å²) in [6.45, 7) is 0. The molecule has 0 amide bonds. The molecule has 0 spiro atoms. The maximum absolute atomic E-state index is 5.14. The predicted molar refractivity (Wildman–Crippen MR) is 205 cm³/mol. The lowest BCUT2D eigenvalue weighted by Gasteiger charge is -2.10. The molecular weight excluding hydrogens is 615 g/mol. The summed E-state index contributed by atoms with van der Waals surface area (Å²) >= 11 is 1.79. The number of fused-ring (bicyclic) bond motifs is 3. The van der Waals surface area contributed by atoms with E-state index in [9.17, 15) is 0 Å². The molecule has 0 aliphatic rings. The van der Waals surface area contributed by atoms with Crippen molar-refractivity contribution in [2.75, 3.05) is 0 Å². The SMILES string of the molecule is c1ccc(-c2ccc(-c3nc(-c4ccc(-c5ccccc5)cc4)nc(-c4cccc5c4sc4cc(-c6ccccc6)ccc45)n3)cc2)cc1. The van der Waals surface area contributed by atoms with Gasteiger partial charge in [0, 0.05) is 36.9 Å². The van der Waals surface area contributed by atoms with Gasteiger partial charge in [0.2, 0.25) is 0 Å². The number of rotatable bonds is 6. The molecule has 0 fully saturated rings. The summed E-state index contributed by atoms with van der Waals surface area (Å²) in [5, 5.41) is 2.45. The summed E-state index contributed by atoms with van der Waals surface area (Å²) in [5.74, 6) is 1.96. The molecular formula is C45H29N3S. The van der Waals surface area contributed by atoms with E-state index in [4.69, 9.17) is 15.0 Å². The smallest absolute Gasteiger partial charge is 0.165 e. The van der Waals surface area contributed by atoms with Crippen LogP contribution >= 0.6 is 11.3 Å². The highest BCUT2D eigenvalue weighted by Crippen LogP contribution is 2.41. The van der Waals surface area contributed by atoms with Crippen LogP contribution in [0.5, 0.6) is 0 Å². The Morgan fingerprint density at radius 2 is 0.735 bits per heavy atom. The minimum absolute atomic E-state index is 0.649. The molecule has 0 aliphatic carbocycles. The van der Waals surface area contributed by atoms with Gasteiger partial charge in [-0.1, -0.05) is 164 Å². The van der Waals surface area contributed by atoms with Gasteiger partial charge in [-0.2, -0.15) is 0 Å². The molecule has 0 atom stereocenters. The second-order valence-corrected chi connectivity index (χ2v) is 13.1. The number of benzene rings is 7. The van der Waals surface area contributed by atoms with Crippen molar-refractivity contribution in [2.45, 2.75) is 0 Å². The topological polar surface area (TPSA) is 38.7 Å². The standard InChI is InChI=1S/C45H29N3S/c1-4-11-30(12-5-1)33-19-23-35(24-20-33)43-46-44(36-25-21-34(22-26-36)31-13-6-2-7-14-31)48-45(47-43)40-18-10-17-39-38-28-27-37(29-41(38)49-42(39)40)32-15-8-3-9-16-32/h1-29H. The van der Waals surface area contributed by atoms with Crippen LogP contribution in [-0.4, -0.2) is 15.0 Å². The Morgan fingerprint density at radius 1 is 0.306 bits per heavy atom. The third-order valence-corrected chi connectivity index (χ3v) is 10.2.